The number of amides is 1. The van der Waals surface area contributed by atoms with Gasteiger partial charge in [0.05, 0.1) is 6.42 Å². The lowest BCUT2D eigenvalue weighted by molar-refractivity contribution is -0.130. The number of aromatic nitrogens is 1. The minimum atomic E-state index is 0.256. The molecule has 0 spiro atoms. The van der Waals surface area contributed by atoms with E-state index in [-0.39, 0.29) is 5.91 Å². The van der Waals surface area contributed by atoms with E-state index in [0.717, 1.165) is 49.9 Å². The number of unbranched alkanes of at least 4 members (excludes halogenated alkanes) is 2. The zero-order chi connectivity index (χ0) is 15.1. The standard InChI is InChI=1S/C18H26N2O/c1-3-5-11-20(12-6-4-2)18(21)14-15-7-8-17-16(13-15)9-10-19-17/h7-10,13,19H,3-6,11-12,14H2,1-2H3. The van der Waals surface area contributed by atoms with Gasteiger partial charge in [0, 0.05) is 24.8 Å². The first-order valence-corrected chi connectivity index (χ1v) is 8.08. The number of hydrogen-bond donors (Lipinski definition) is 1. The molecule has 3 heteroatoms. The van der Waals surface area contributed by atoms with Gasteiger partial charge in [-0.2, -0.15) is 0 Å². The molecule has 0 aliphatic heterocycles. The van der Waals surface area contributed by atoms with Crippen LogP contribution in [0.2, 0.25) is 0 Å². The molecule has 0 aliphatic carbocycles. The van der Waals surface area contributed by atoms with Gasteiger partial charge in [-0.15, -0.1) is 0 Å². The maximum absolute atomic E-state index is 12.5. The summed E-state index contributed by atoms with van der Waals surface area (Å²) >= 11 is 0. The van der Waals surface area contributed by atoms with E-state index in [1.807, 2.05) is 11.1 Å². The monoisotopic (exact) mass is 286 g/mol. The molecule has 0 unspecified atom stereocenters. The van der Waals surface area contributed by atoms with Crippen LogP contribution in [0, 0.1) is 0 Å². The van der Waals surface area contributed by atoms with Crippen molar-refractivity contribution in [2.75, 3.05) is 13.1 Å². The molecule has 0 aliphatic rings. The molecule has 21 heavy (non-hydrogen) atoms. The number of rotatable bonds is 8. The van der Waals surface area contributed by atoms with Crippen LogP contribution in [0.3, 0.4) is 0 Å². The van der Waals surface area contributed by atoms with Crippen molar-refractivity contribution in [3.63, 3.8) is 0 Å². The molecule has 2 aromatic rings. The minimum absolute atomic E-state index is 0.256. The molecule has 0 radical (unpaired) electrons. The third-order valence-electron chi connectivity index (χ3n) is 3.89. The van der Waals surface area contributed by atoms with Crippen LogP contribution >= 0.6 is 0 Å². The molecule has 0 fully saturated rings. The number of benzene rings is 1. The summed E-state index contributed by atoms with van der Waals surface area (Å²) in [4.78, 5) is 17.7. The van der Waals surface area contributed by atoms with Gasteiger partial charge < -0.3 is 9.88 Å². The Balaban J connectivity index is 2.01. The number of aromatic amines is 1. The Morgan fingerprint density at radius 2 is 1.81 bits per heavy atom. The van der Waals surface area contributed by atoms with Gasteiger partial charge in [0.2, 0.25) is 5.91 Å². The number of carbonyl (C=O) groups excluding carboxylic acids is 1. The molecule has 1 aromatic heterocycles. The van der Waals surface area contributed by atoms with Crippen molar-refractivity contribution in [3.8, 4) is 0 Å². The maximum Gasteiger partial charge on any atom is 0.226 e. The average molecular weight is 286 g/mol. The van der Waals surface area contributed by atoms with Crippen LogP contribution in [0.15, 0.2) is 30.5 Å². The van der Waals surface area contributed by atoms with Crippen LogP contribution in [0.5, 0.6) is 0 Å². The van der Waals surface area contributed by atoms with Gasteiger partial charge in [-0.3, -0.25) is 4.79 Å². The molecule has 0 bridgehead atoms. The number of nitrogens with one attached hydrogen (secondary N) is 1. The maximum atomic E-state index is 12.5. The Hall–Kier alpha value is -1.77. The highest BCUT2D eigenvalue weighted by Crippen LogP contribution is 2.15. The van der Waals surface area contributed by atoms with Crippen molar-refractivity contribution in [1.82, 2.24) is 9.88 Å². The number of fused-ring (bicyclic) bond motifs is 1. The smallest absolute Gasteiger partial charge is 0.226 e. The summed E-state index contributed by atoms with van der Waals surface area (Å²) < 4.78 is 0. The molecule has 1 N–H and O–H groups in total. The lowest BCUT2D eigenvalue weighted by atomic mass is 10.1. The quantitative estimate of drug-likeness (QED) is 0.778. The number of nitrogens with zero attached hydrogens (tertiary/aromatic N) is 1. The molecule has 1 amide bonds. The van der Waals surface area contributed by atoms with Crippen LogP contribution in [0.25, 0.3) is 10.9 Å². The Morgan fingerprint density at radius 1 is 1.10 bits per heavy atom. The summed E-state index contributed by atoms with van der Waals surface area (Å²) in [7, 11) is 0. The lowest BCUT2D eigenvalue weighted by Gasteiger charge is -2.22. The van der Waals surface area contributed by atoms with Gasteiger partial charge in [0.15, 0.2) is 0 Å². The first-order valence-electron chi connectivity index (χ1n) is 8.08. The summed E-state index contributed by atoms with van der Waals surface area (Å²) in [5.41, 5.74) is 2.23. The van der Waals surface area contributed by atoms with E-state index >= 15 is 0 Å². The molecule has 0 saturated heterocycles. The molecule has 3 nitrogen and oxygen atoms in total. The van der Waals surface area contributed by atoms with Crippen molar-refractivity contribution in [1.29, 1.82) is 0 Å². The van der Waals surface area contributed by atoms with E-state index in [9.17, 15) is 4.79 Å². The fraction of sp³-hybridized carbons (Fsp3) is 0.500. The predicted octanol–water partition coefficient (Wildman–Crippen LogP) is 4.14. The van der Waals surface area contributed by atoms with Crippen LogP contribution in [0.1, 0.15) is 45.1 Å². The molecule has 1 aromatic carbocycles. The zero-order valence-electron chi connectivity index (χ0n) is 13.2. The van der Waals surface area contributed by atoms with Crippen LogP contribution in [-0.4, -0.2) is 28.9 Å². The third-order valence-corrected chi connectivity index (χ3v) is 3.89. The normalized spacial score (nSPS) is 11.0. The van der Waals surface area contributed by atoms with Crippen molar-refractivity contribution < 1.29 is 4.79 Å². The second-order valence-electron chi connectivity index (χ2n) is 5.66. The zero-order valence-corrected chi connectivity index (χ0v) is 13.2. The highest BCUT2D eigenvalue weighted by Gasteiger charge is 2.13. The summed E-state index contributed by atoms with van der Waals surface area (Å²) in [6.07, 6.45) is 6.88. The van der Waals surface area contributed by atoms with Crippen LogP contribution in [0.4, 0.5) is 0 Å². The highest BCUT2D eigenvalue weighted by atomic mass is 16.2. The average Bonchev–Trinajstić information content (AvgIpc) is 2.95. The molecule has 2 rings (SSSR count). The number of hydrogen-bond acceptors (Lipinski definition) is 1. The van der Waals surface area contributed by atoms with Gasteiger partial charge in [0.1, 0.15) is 0 Å². The van der Waals surface area contributed by atoms with Gasteiger partial charge in [0.25, 0.3) is 0 Å². The van der Waals surface area contributed by atoms with E-state index in [2.05, 4.69) is 43.1 Å². The second kappa shape index (κ2) is 7.87. The van der Waals surface area contributed by atoms with Crippen molar-refractivity contribution in [2.24, 2.45) is 0 Å². The third kappa shape index (κ3) is 4.35. The first kappa shape index (κ1) is 15.6. The van der Waals surface area contributed by atoms with Gasteiger partial charge >= 0.3 is 0 Å². The first-order chi connectivity index (χ1) is 10.2. The van der Waals surface area contributed by atoms with E-state index in [0.29, 0.717) is 6.42 Å². The Bertz CT molecular complexity index is 565. The van der Waals surface area contributed by atoms with Gasteiger partial charge in [-0.05, 0) is 42.0 Å². The number of carbonyl (C=O) groups is 1. The van der Waals surface area contributed by atoms with E-state index in [1.54, 1.807) is 0 Å². The largest absolute Gasteiger partial charge is 0.361 e. The van der Waals surface area contributed by atoms with E-state index < -0.39 is 0 Å². The van der Waals surface area contributed by atoms with E-state index in [4.69, 9.17) is 0 Å². The van der Waals surface area contributed by atoms with Crippen molar-refractivity contribution in [3.05, 3.63) is 36.0 Å². The fourth-order valence-corrected chi connectivity index (χ4v) is 2.56. The molecular weight excluding hydrogens is 260 g/mol. The molecule has 1 heterocycles. The summed E-state index contributed by atoms with van der Waals surface area (Å²) in [6, 6.07) is 8.27. The molecule has 0 atom stereocenters. The Morgan fingerprint density at radius 3 is 2.48 bits per heavy atom. The van der Waals surface area contributed by atoms with Crippen molar-refractivity contribution >= 4 is 16.8 Å². The Kier molecular flexibility index (Phi) is 5.85. The van der Waals surface area contributed by atoms with Gasteiger partial charge in [-0.1, -0.05) is 32.8 Å². The van der Waals surface area contributed by atoms with Crippen molar-refractivity contribution in [2.45, 2.75) is 46.0 Å². The summed E-state index contributed by atoms with van der Waals surface area (Å²) in [6.45, 7) is 6.12. The fourth-order valence-electron chi connectivity index (χ4n) is 2.56. The highest BCUT2D eigenvalue weighted by molar-refractivity contribution is 5.83. The topological polar surface area (TPSA) is 36.1 Å². The molecule has 114 valence electrons. The van der Waals surface area contributed by atoms with Gasteiger partial charge in [-0.25, -0.2) is 0 Å². The predicted molar refractivity (Wildman–Crippen MR) is 88.4 cm³/mol. The summed E-state index contributed by atoms with van der Waals surface area (Å²) in [5, 5.41) is 1.17. The molecular formula is C18H26N2O. The number of H-pyrrole nitrogens is 1. The van der Waals surface area contributed by atoms with Crippen LogP contribution in [-0.2, 0) is 11.2 Å². The lowest BCUT2D eigenvalue weighted by Crippen LogP contribution is -2.34. The van der Waals surface area contributed by atoms with Crippen LogP contribution < -0.4 is 0 Å². The Labute approximate surface area is 127 Å². The second-order valence-corrected chi connectivity index (χ2v) is 5.66. The molecule has 0 saturated carbocycles. The van der Waals surface area contributed by atoms with E-state index in [1.165, 1.54) is 5.39 Å². The summed E-state index contributed by atoms with van der Waals surface area (Å²) in [5.74, 6) is 0.256. The minimum Gasteiger partial charge on any atom is -0.361 e. The SMILES string of the molecule is CCCCN(CCCC)C(=O)Cc1ccc2[nH]ccc2c1.